The first kappa shape index (κ1) is 30.2. The van der Waals surface area contributed by atoms with Crippen LogP contribution < -0.4 is 48.8 Å². The molecule has 31 heavy (non-hydrogen) atoms. The molecule has 0 saturated heterocycles. The van der Waals surface area contributed by atoms with Crippen molar-refractivity contribution >= 4 is 17.1 Å². The van der Waals surface area contributed by atoms with Gasteiger partial charge in [-0.1, -0.05) is 30.3 Å². The third-order valence-electron chi connectivity index (χ3n) is 5.11. The van der Waals surface area contributed by atoms with Gasteiger partial charge in [-0.15, -0.1) is 0 Å². The van der Waals surface area contributed by atoms with Crippen LogP contribution in [0, 0.1) is 12.7 Å². The van der Waals surface area contributed by atoms with E-state index in [1.807, 2.05) is 18.2 Å². The van der Waals surface area contributed by atoms with Crippen LogP contribution in [-0.2, 0) is 20.4 Å². The Morgan fingerprint density at radius 2 is 1.16 bits per heavy atom. The average molecular weight is 643 g/mol. The van der Waals surface area contributed by atoms with E-state index in [1.165, 1.54) is 23.1 Å². The molecule has 0 amide bonds. The van der Waals surface area contributed by atoms with Crippen LogP contribution in [0.2, 0.25) is 0 Å². The minimum Gasteiger partial charge on any atom is -1.00 e. The Kier molecular flexibility index (Phi) is 13.3. The fraction of sp³-hybridized carbons (Fsp3) is 0.333. The molecule has 7 heteroatoms. The maximum absolute atomic E-state index is 2.33. The van der Waals surface area contributed by atoms with Gasteiger partial charge in [0.1, 0.15) is 6.67 Å². The first-order chi connectivity index (χ1) is 13.4. The summed E-state index contributed by atoms with van der Waals surface area (Å²) in [5.74, 6) is 0. The Balaban J connectivity index is 0.000000533. The molecule has 0 aromatic heterocycles. The second kappa shape index (κ2) is 13.7. The Morgan fingerprint density at radius 3 is 1.55 bits per heavy atom. The number of rotatable bonds is 3. The largest absolute Gasteiger partial charge is 2.00 e. The van der Waals surface area contributed by atoms with Crippen molar-refractivity contribution < 1.29 is 54.4 Å². The van der Waals surface area contributed by atoms with E-state index in [9.17, 15) is 0 Å². The van der Waals surface area contributed by atoms with Crippen LogP contribution in [0.15, 0.2) is 66.9 Å². The van der Waals surface area contributed by atoms with Gasteiger partial charge in [0.05, 0.1) is 23.1 Å². The van der Waals surface area contributed by atoms with Crippen molar-refractivity contribution in [3.05, 3.63) is 79.6 Å². The maximum atomic E-state index is 2.33. The molecule has 2 aromatic carbocycles. The number of hydrazine groups is 1. The molecule has 0 unspecified atom stereocenters. The van der Waals surface area contributed by atoms with Gasteiger partial charge in [0.25, 0.3) is 0 Å². The average Bonchev–Trinajstić information content (AvgIpc) is 3.24. The van der Waals surface area contributed by atoms with Crippen molar-refractivity contribution in [1.82, 2.24) is 5.01 Å². The van der Waals surface area contributed by atoms with Gasteiger partial charge in [0.15, 0.2) is 0 Å². The molecule has 0 fully saturated rings. The molecular weight excluding hydrogens is 611 g/mol. The van der Waals surface area contributed by atoms with E-state index in [2.05, 4.69) is 117 Å². The minimum atomic E-state index is 0. The van der Waals surface area contributed by atoms with Crippen LogP contribution in [0.5, 0.6) is 0 Å². The summed E-state index contributed by atoms with van der Waals surface area (Å²) in [4.78, 5) is 4.66. The number of para-hydroxylation sites is 3. The predicted molar refractivity (Wildman–Crippen MR) is 121 cm³/mol. The van der Waals surface area contributed by atoms with E-state index in [4.69, 9.17) is 0 Å². The molecule has 4 nitrogen and oxygen atoms in total. The molecule has 0 spiro atoms. The third-order valence-corrected chi connectivity index (χ3v) is 5.11. The summed E-state index contributed by atoms with van der Waals surface area (Å²) in [6.07, 6.45) is 4.18. The fourth-order valence-electron chi connectivity index (χ4n) is 3.38. The van der Waals surface area contributed by atoms with Gasteiger partial charge < -0.3 is 43.8 Å². The molecule has 0 bridgehead atoms. The number of likely N-dealkylation sites (N-methyl/N-ethyl adjacent to an activating group) is 1. The summed E-state index contributed by atoms with van der Waals surface area (Å²) in [7, 11) is 2.06. The zero-order valence-corrected chi connectivity index (χ0v) is 23.7. The zero-order chi connectivity index (χ0) is 20.3. The molecule has 2 aliphatic heterocycles. The first-order valence-corrected chi connectivity index (χ1v) is 10.0. The number of hydrogen-bond acceptors (Lipinski definition) is 4. The summed E-state index contributed by atoms with van der Waals surface area (Å²) in [5.41, 5.74) is 3.83. The van der Waals surface area contributed by atoms with Gasteiger partial charge in [-0.25, -0.2) is 5.01 Å². The maximum Gasteiger partial charge on any atom is 2.00 e. The number of benzene rings is 2. The van der Waals surface area contributed by atoms with Crippen molar-refractivity contribution in [2.24, 2.45) is 0 Å². The van der Waals surface area contributed by atoms with Crippen molar-refractivity contribution in [2.75, 3.05) is 21.9 Å². The molecular formula is C24H32Br2N4Pd. The molecule has 0 saturated carbocycles. The molecule has 0 atom stereocenters. The summed E-state index contributed by atoms with van der Waals surface area (Å²) in [5, 5.41) is 4.24. The van der Waals surface area contributed by atoms with Crippen molar-refractivity contribution in [2.45, 2.75) is 46.7 Å². The molecule has 0 N–H and O–H groups in total. The molecule has 2 aliphatic rings. The van der Waals surface area contributed by atoms with Gasteiger partial charge in [-0.05, 0) is 65.0 Å². The molecule has 172 valence electrons. The van der Waals surface area contributed by atoms with Crippen LogP contribution >= 0.6 is 0 Å². The topological polar surface area (TPSA) is 13.0 Å². The standard InChI is InChI=1S/C13H19N2.C11H13N2.2BrH.Pd/c1-10(2)14-9-15(11(3)4)13-8-6-5-7-12(13)14;1-10-8-9-13(12(10)2)11-6-4-3-5-7-11;;;/h5-11H,1-4H3;3-9H,1-2H3;2*1H;/q;;;;+2/p-2. The van der Waals surface area contributed by atoms with Crippen molar-refractivity contribution in [3.8, 4) is 0 Å². The van der Waals surface area contributed by atoms with E-state index in [1.54, 1.807) is 0 Å². The summed E-state index contributed by atoms with van der Waals surface area (Å²) >= 11 is 0. The van der Waals surface area contributed by atoms with E-state index in [-0.39, 0.29) is 54.4 Å². The van der Waals surface area contributed by atoms with E-state index < -0.39 is 0 Å². The van der Waals surface area contributed by atoms with E-state index in [0.29, 0.717) is 12.1 Å². The third kappa shape index (κ3) is 7.07. The SMILES string of the molecule is CC(C)N1[CH]N(C(C)C)c2ccccc21.C[C]1C=CN(c2ccccc2)N1C.[Br-].[Br-].[Pd+2]. The smallest absolute Gasteiger partial charge is 1.00 e. The second-order valence-electron chi connectivity index (χ2n) is 7.77. The predicted octanol–water partition coefficient (Wildman–Crippen LogP) is -0.326. The van der Waals surface area contributed by atoms with Crippen LogP contribution in [0.3, 0.4) is 0 Å². The number of nitrogens with zero attached hydrogens (tertiary/aromatic N) is 4. The van der Waals surface area contributed by atoms with Gasteiger partial charge in [-0.2, -0.15) is 0 Å². The van der Waals surface area contributed by atoms with E-state index >= 15 is 0 Å². The quantitative estimate of drug-likeness (QED) is 0.426. The molecule has 0 aliphatic carbocycles. The molecule has 4 rings (SSSR count). The van der Waals surface area contributed by atoms with Gasteiger partial charge in [0, 0.05) is 25.3 Å². The van der Waals surface area contributed by atoms with Gasteiger partial charge in [0.2, 0.25) is 0 Å². The van der Waals surface area contributed by atoms with Crippen LogP contribution in [0.1, 0.15) is 34.6 Å². The molecule has 2 radical (unpaired) electrons. The first-order valence-electron chi connectivity index (χ1n) is 10.0. The number of hydrogen-bond donors (Lipinski definition) is 0. The fourth-order valence-corrected chi connectivity index (χ4v) is 3.38. The summed E-state index contributed by atoms with van der Waals surface area (Å²) in [6.45, 7) is 13.2. The number of fused-ring (bicyclic) bond motifs is 1. The monoisotopic (exact) mass is 640 g/mol. The number of halogens is 2. The molecule has 2 aromatic rings. The van der Waals surface area contributed by atoms with Gasteiger partial charge >= 0.3 is 20.4 Å². The minimum absolute atomic E-state index is 0. The summed E-state index contributed by atoms with van der Waals surface area (Å²) < 4.78 is 0. The Labute approximate surface area is 223 Å². The second-order valence-corrected chi connectivity index (χ2v) is 7.77. The van der Waals surface area contributed by atoms with Crippen LogP contribution in [0.4, 0.5) is 17.1 Å². The van der Waals surface area contributed by atoms with Crippen LogP contribution in [-0.4, -0.2) is 24.1 Å². The van der Waals surface area contributed by atoms with Crippen molar-refractivity contribution in [1.29, 1.82) is 0 Å². The normalized spacial score (nSPS) is 15.2. The van der Waals surface area contributed by atoms with E-state index in [0.717, 1.165) is 0 Å². The summed E-state index contributed by atoms with van der Waals surface area (Å²) in [6, 6.07) is 21.2. The van der Waals surface area contributed by atoms with Crippen LogP contribution in [0.25, 0.3) is 0 Å². The molecule has 2 heterocycles. The zero-order valence-electron chi connectivity index (χ0n) is 18.9. The Hall–Kier alpha value is -0.838. The van der Waals surface area contributed by atoms with Crippen molar-refractivity contribution in [3.63, 3.8) is 0 Å². The van der Waals surface area contributed by atoms with Gasteiger partial charge in [-0.3, -0.25) is 5.01 Å². The Bertz CT molecular complexity index is 768. The Morgan fingerprint density at radius 1 is 0.710 bits per heavy atom. The number of anilines is 3.